The zero-order valence-electron chi connectivity index (χ0n) is 13.4. The lowest BCUT2D eigenvalue weighted by molar-refractivity contribution is -0.128. The Labute approximate surface area is 139 Å². The van der Waals surface area contributed by atoms with Crippen LogP contribution in [0.4, 0.5) is 5.69 Å². The minimum absolute atomic E-state index is 0.0702. The minimum atomic E-state index is -0.499. The van der Waals surface area contributed by atoms with Gasteiger partial charge in [0.2, 0.25) is 5.91 Å². The molecule has 2 N–H and O–H groups in total. The van der Waals surface area contributed by atoms with Crippen LogP contribution in [0.3, 0.4) is 0 Å². The van der Waals surface area contributed by atoms with Gasteiger partial charge < -0.3 is 14.5 Å². The molecule has 0 spiro atoms. The SMILES string of the molecule is O=C(Nc1ccc2oc(=O)[nH]c2c1)C1COCCN1CC1CCC1. The summed E-state index contributed by atoms with van der Waals surface area (Å²) in [5.41, 5.74) is 1.69. The third-order valence-electron chi connectivity index (χ3n) is 4.95. The van der Waals surface area contributed by atoms with Crippen molar-refractivity contribution in [1.82, 2.24) is 9.88 Å². The number of carbonyl (C=O) groups is 1. The highest BCUT2D eigenvalue weighted by Crippen LogP contribution is 2.28. The number of nitrogens with one attached hydrogen (secondary N) is 2. The number of rotatable bonds is 4. The number of H-pyrrole nitrogens is 1. The van der Waals surface area contributed by atoms with Gasteiger partial charge >= 0.3 is 5.76 Å². The largest absolute Gasteiger partial charge is 0.417 e. The number of anilines is 1. The third kappa shape index (κ3) is 3.09. The lowest BCUT2D eigenvalue weighted by Gasteiger charge is -2.39. The first-order valence-electron chi connectivity index (χ1n) is 8.44. The number of aromatic amines is 1. The van der Waals surface area contributed by atoms with E-state index in [9.17, 15) is 9.59 Å². The van der Waals surface area contributed by atoms with Gasteiger partial charge in [-0.1, -0.05) is 6.42 Å². The van der Waals surface area contributed by atoms with E-state index in [2.05, 4.69) is 15.2 Å². The van der Waals surface area contributed by atoms with E-state index in [-0.39, 0.29) is 11.9 Å². The Morgan fingerprint density at radius 2 is 2.25 bits per heavy atom. The van der Waals surface area contributed by atoms with Crippen LogP contribution in [0, 0.1) is 5.92 Å². The maximum atomic E-state index is 12.7. The maximum absolute atomic E-state index is 12.7. The normalized spacial score (nSPS) is 22.4. The van der Waals surface area contributed by atoms with Crippen LogP contribution in [0.5, 0.6) is 0 Å². The van der Waals surface area contributed by atoms with Crippen LogP contribution >= 0.6 is 0 Å². The summed E-state index contributed by atoms with van der Waals surface area (Å²) in [6, 6.07) is 4.85. The van der Waals surface area contributed by atoms with Gasteiger partial charge in [0.25, 0.3) is 0 Å². The Balaban J connectivity index is 1.46. The van der Waals surface area contributed by atoms with Crippen molar-refractivity contribution in [3.05, 3.63) is 28.7 Å². The number of benzene rings is 1. The van der Waals surface area contributed by atoms with Crippen molar-refractivity contribution < 1.29 is 13.9 Å². The number of nitrogens with zero attached hydrogens (tertiary/aromatic N) is 1. The monoisotopic (exact) mass is 331 g/mol. The van der Waals surface area contributed by atoms with Gasteiger partial charge in [-0.3, -0.25) is 14.7 Å². The van der Waals surface area contributed by atoms with Gasteiger partial charge in [-0.25, -0.2) is 4.79 Å². The van der Waals surface area contributed by atoms with Gasteiger partial charge in [-0.15, -0.1) is 0 Å². The molecule has 7 nitrogen and oxygen atoms in total. The first kappa shape index (κ1) is 15.4. The second-order valence-electron chi connectivity index (χ2n) is 6.60. The lowest BCUT2D eigenvalue weighted by atomic mass is 9.84. The van der Waals surface area contributed by atoms with Gasteiger partial charge in [-0.05, 0) is 37.0 Å². The molecule has 1 saturated heterocycles. The summed E-state index contributed by atoms with van der Waals surface area (Å²) < 4.78 is 10.5. The molecule has 1 saturated carbocycles. The van der Waals surface area contributed by atoms with Crippen molar-refractivity contribution in [3.63, 3.8) is 0 Å². The third-order valence-corrected chi connectivity index (χ3v) is 4.95. The molecular formula is C17H21N3O4. The minimum Gasteiger partial charge on any atom is -0.408 e. The van der Waals surface area contributed by atoms with Gasteiger partial charge in [-0.2, -0.15) is 0 Å². The number of hydrogen-bond donors (Lipinski definition) is 2. The standard InChI is InChI=1S/C17H21N3O4/c21-16(14-10-23-7-6-20(14)9-11-2-1-3-11)18-12-4-5-15-13(8-12)19-17(22)24-15/h4-5,8,11,14H,1-3,6-7,9-10H2,(H,18,21)(H,19,22). The fourth-order valence-electron chi connectivity index (χ4n) is 3.36. The van der Waals surface area contributed by atoms with Crippen molar-refractivity contribution in [2.24, 2.45) is 5.92 Å². The molecule has 1 aliphatic carbocycles. The number of amides is 1. The van der Waals surface area contributed by atoms with E-state index in [1.165, 1.54) is 19.3 Å². The van der Waals surface area contributed by atoms with Crippen LogP contribution in [0.1, 0.15) is 19.3 Å². The molecule has 1 aliphatic heterocycles. The van der Waals surface area contributed by atoms with Crippen LogP contribution < -0.4 is 11.1 Å². The number of oxazole rings is 1. The summed E-state index contributed by atoms with van der Waals surface area (Å²) in [6.45, 7) is 2.86. The number of morpholine rings is 1. The molecule has 128 valence electrons. The summed E-state index contributed by atoms with van der Waals surface area (Å²) >= 11 is 0. The predicted molar refractivity (Wildman–Crippen MR) is 89.0 cm³/mol. The zero-order chi connectivity index (χ0) is 16.5. The molecule has 2 aliphatic rings. The molecule has 2 fully saturated rings. The second-order valence-corrected chi connectivity index (χ2v) is 6.60. The molecule has 7 heteroatoms. The lowest BCUT2D eigenvalue weighted by Crippen LogP contribution is -2.53. The maximum Gasteiger partial charge on any atom is 0.417 e. The first-order valence-corrected chi connectivity index (χ1v) is 8.44. The van der Waals surface area contributed by atoms with E-state index in [0.717, 1.165) is 13.1 Å². The first-order chi connectivity index (χ1) is 11.7. The van der Waals surface area contributed by atoms with Crippen LogP contribution in [0.15, 0.2) is 27.4 Å². The average molecular weight is 331 g/mol. The molecular weight excluding hydrogens is 310 g/mol. The highest BCUT2D eigenvalue weighted by atomic mass is 16.5. The molecule has 1 aromatic heterocycles. The van der Waals surface area contributed by atoms with Gasteiger partial charge in [0.05, 0.1) is 18.7 Å². The summed E-state index contributed by atoms with van der Waals surface area (Å²) in [5.74, 6) is 0.144. The van der Waals surface area contributed by atoms with Crippen molar-refractivity contribution in [3.8, 4) is 0 Å². The molecule has 2 heterocycles. The van der Waals surface area contributed by atoms with Crippen LogP contribution in [0.2, 0.25) is 0 Å². The molecule has 1 unspecified atom stereocenters. The van der Waals surface area contributed by atoms with Crippen molar-refractivity contribution in [2.75, 3.05) is 31.6 Å². The predicted octanol–water partition coefficient (Wildman–Crippen LogP) is 1.56. The summed E-state index contributed by atoms with van der Waals surface area (Å²) in [5, 5.41) is 2.93. The van der Waals surface area contributed by atoms with Crippen molar-refractivity contribution >= 4 is 22.7 Å². The smallest absolute Gasteiger partial charge is 0.408 e. The molecule has 4 rings (SSSR count). The highest BCUT2D eigenvalue weighted by molar-refractivity contribution is 5.96. The number of aromatic nitrogens is 1. The van der Waals surface area contributed by atoms with Crippen molar-refractivity contribution in [1.29, 1.82) is 0 Å². The van der Waals surface area contributed by atoms with Crippen molar-refractivity contribution in [2.45, 2.75) is 25.3 Å². The van der Waals surface area contributed by atoms with Gasteiger partial charge in [0, 0.05) is 18.8 Å². The summed E-state index contributed by atoms with van der Waals surface area (Å²) in [4.78, 5) is 28.7. The molecule has 2 aromatic rings. The van der Waals surface area contributed by atoms with Gasteiger partial charge in [0.1, 0.15) is 6.04 Å². The topological polar surface area (TPSA) is 87.6 Å². The van der Waals surface area contributed by atoms with E-state index in [4.69, 9.17) is 9.15 Å². The van der Waals surface area contributed by atoms with Crippen LogP contribution in [0.25, 0.3) is 11.1 Å². The Kier molecular flexibility index (Phi) is 4.12. The number of hydrogen-bond acceptors (Lipinski definition) is 5. The van der Waals surface area contributed by atoms with Crippen LogP contribution in [-0.2, 0) is 9.53 Å². The summed E-state index contributed by atoms with van der Waals surface area (Å²) in [7, 11) is 0. The average Bonchev–Trinajstić information content (AvgIpc) is 2.90. The molecule has 24 heavy (non-hydrogen) atoms. The van der Waals surface area contributed by atoms with E-state index in [0.29, 0.717) is 35.9 Å². The highest BCUT2D eigenvalue weighted by Gasteiger charge is 2.32. The fraction of sp³-hybridized carbons (Fsp3) is 0.529. The molecule has 1 atom stereocenters. The number of fused-ring (bicyclic) bond motifs is 1. The fourth-order valence-corrected chi connectivity index (χ4v) is 3.36. The van der Waals surface area contributed by atoms with E-state index >= 15 is 0 Å². The summed E-state index contributed by atoms with van der Waals surface area (Å²) in [6.07, 6.45) is 3.82. The zero-order valence-corrected chi connectivity index (χ0v) is 13.4. The quantitative estimate of drug-likeness (QED) is 0.888. The van der Waals surface area contributed by atoms with Crippen LogP contribution in [-0.4, -0.2) is 48.1 Å². The molecule has 1 aromatic carbocycles. The van der Waals surface area contributed by atoms with Gasteiger partial charge in [0.15, 0.2) is 5.58 Å². The Morgan fingerprint density at radius 1 is 1.38 bits per heavy atom. The van der Waals surface area contributed by atoms with E-state index < -0.39 is 5.76 Å². The van der Waals surface area contributed by atoms with E-state index in [1.807, 2.05) is 0 Å². The number of carbonyl (C=O) groups excluding carboxylic acids is 1. The molecule has 1 amide bonds. The Hall–Kier alpha value is -2.12. The Morgan fingerprint density at radius 3 is 3.04 bits per heavy atom. The number of ether oxygens (including phenoxy) is 1. The Bertz CT molecular complexity index is 792. The molecule has 0 radical (unpaired) electrons. The van der Waals surface area contributed by atoms with E-state index in [1.54, 1.807) is 18.2 Å². The molecule has 0 bridgehead atoms. The second kappa shape index (κ2) is 6.41.